The van der Waals surface area contributed by atoms with Gasteiger partial charge in [0.05, 0.1) is 5.75 Å². The van der Waals surface area contributed by atoms with Crippen molar-refractivity contribution in [2.75, 3.05) is 11.5 Å². The molecule has 58 valence electrons. The third kappa shape index (κ3) is 18.2. The number of amides is 1. The zero-order chi connectivity index (χ0) is 7.70. The number of carbonyl (C=O) groups excluding carboxylic acids is 1. The number of hydrogen-bond acceptors (Lipinski definition) is 2. The minimum Gasteiger partial charge on any atom is -0.369 e. The van der Waals surface area contributed by atoms with Gasteiger partial charge in [-0.25, -0.2) is 0 Å². The molecule has 0 radical (unpaired) electrons. The van der Waals surface area contributed by atoms with Crippen molar-refractivity contribution >= 4 is 17.7 Å². The van der Waals surface area contributed by atoms with Gasteiger partial charge in [-0.15, -0.1) is 0 Å². The van der Waals surface area contributed by atoms with Crippen LogP contribution in [0.2, 0.25) is 0 Å². The molecule has 0 aliphatic carbocycles. The van der Waals surface area contributed by atoms with Crippen molar-refractivity contribution in [2.24, 2.45) is 5.73 Å². The van der Waals surface area contributed by atoms with Gasteiger partial charge in [-0.3, -0.25) is 4.79 Å². The predicted molar refractivity (Wildman–Crippen MR) is 45.7 cm³/mol. The first-order valence-electron chi connectivity index (χ1n) is 3.13. The number of primary amides is 1. The monoisotopic (exact) mass is 151 g/mol. The number of thioether (sulfide) groups is 1. The van der Waals surface area contributed by atoms with Crippen LogP contribution in [0.1, 0.15) is 22.2 Å². The van der Waals surface area contributed by atoms with Crippen molar-refractivity contribution in [3.63, 3.8) is 0 Å². The van der Waals surface area contributed by atoms with Crippen molar-refractivity contribution in [2.45, 2.75) is 20.8 Å². The van der Waals surface area contributed by atoms with Crippen LogP contribution >= 0.6 is 11.8 Å². The topological polar surface area (TPSA) is 43.1 Å². The first-order chi connectivity index (χ1) is 4.27. The lowest BCUT2D eigenvalue weighted by Crippen LogP contribution is -2.13. The van der Waals surface area contributed by atoms with Crippen LogP contribution in [0.25, 0.3) is 0 Å². The van der Waals surface area contributed by atoms with E-state index in [1.165, 1.54) is 0 Å². The van der Waals surface area contributed by atoms with E-state index in [0.717, 1.165) is 5.75 Å². The summed E-state index contributed by atoms with van der Waals surface area (Å²) in [6.07, 6.45) is 0. The molecule has 0 aliphatic rings. The molecule has 2 N–H and O–H groups in total. The molecule has 0 rings (SSSR count). The quantitative estimate of drug-likeness (QED) is 0.664. The second kappa shape index (κ2) is 10.7. The lowest BCUT2D eigenvalue weighted by atomic mass is 10.8. The fourth-order valence-corrected chi connectivity index (χ4v) is 0.608. The maximum atomic E-state index is 9.96. The Morgan fingerprint density at radius 3 is 2.22 bits per heavy atom. The van der Waals surface area contributed by atoms with Crippen LogP contribution in [0, 0.1) is 0 Å². The molecule has 0 unspecified atom stereocenters. The average molecular weight is 151 g/mol. The zero-order valence-corrected chi connectivity index (χ0v) is 7.12. The average Bonchev–Trinajstić information content (AvgIpc) is 1.88. The van der Waals surface area contributed by atoms with Gasteiger partial charge >= 0.3 is 0 Å². The molecule has 3 heteroatoms. The van der Waals surface area contributed by atoms with Crippen molar-refractivity contribution in [3.8, 4) is 0 Å². The number of rotatable bonds is 3. The van der Waals surface area contributed by atoms with E-state index in [9.17, 15) is 4.79 Å². The second-order valence-corrected chi connectivity index (χ2v) is 2.38. The van der Waals surface area contributed by atoms with Crippen molar-refractivity contribution < 1.29 is 6.22 Å². The summed E-state index contributed by atoms with van der Waals surface area (Å²) >= 11 is 1.54. The summed E-state index contributed by atoms with van der Waals surface area (Å²) in [6, 6.07) is 0. The molecule has 0 saturated carbocycles. The fourth-order valence-electron chi connectivity index (χ4n) is 0.203. The molecule has 2 nitrogen and oxygen atoms in total. The zero-order valence-electron chi connectivity index (χ0n) is 6.31. The van der Waals surface area contributed by atoms with Crippen LogP contribution in [-0.4, -0.2) is 17.4 Å². The minimum absolute atomic E-state index is 0. The van der Waals surface area contributed by atoms with Crippen LogP contribution in [0.15, 0.2) is 0 Å². The molecule has 0 bridgehead atoms. The third-order valence-corrected chi connectivity index (χ3v) is 1.35. The van der Waals surface area contributed by atoms with Gasteiger partial charge in [0.1, 0.15) is 0 Å². The summed E-state index contributed by atoms with van der Waals surface area (Å²) < 4.78 is 0. The molecule has 1 amide bonds. The maximum absolute atomic E-state index is 9.96. The van der Waals surface area contributed by atoms with Crippen molar-refractivity contribution in [3.05, 3.63) is 0 Å². The van der Waals surface area contributed by atoms with Gasteiger partial charge in [-0.1, -0.05) is 20.8 Å². The number of carbonyl (C=O) groups is 1. The van der Waals surface area contributed by atoms with E-state index in [2.05, 4.69) is 0 Å². The van der Waals surface area contributed by atoms with Gasteiger partial charge in [0.15, 0.2) is 0 Å². The Balaban J connectivity index is -0.000000149. The Morgan fingerprint density at radius 2 is 2.11 bits per heavy atom. The largest absolute Gasteiger partial charge is 0.369 e. The molecule has 0 fully saturated rings. The molecular formula is C6H17NOS. The molecular weight excluding hydrogens is 134 g/mol. The van der Waals surface area contributed by atoms with E-state index >= 15 is 0 Å². The Morgan fingerprint density at radius 1 is 1.67 bits per heavy atom. The molecule has 0 aliphatic heterocycles. The lowest BCUT2D eigenvalue weighted by molar-refractivity contribution is -0.115. The van der Waals surface area contributed by atoms with E-state index in [1.54, 1.807) is 11.8 Å². The minimum atomic E-state index is -0.230. The van der Waals surface area contributed by atoms with E-state index < -0.39 is 0 Å². The van der Waals surface area contributed by atoms with Crippen LogP contribution < -0.4 is 5.73 Å². The summed E-state index contributed by atoms with van der Waals surface area (Å²) in [4.78, 5) is 9.96. The molecule has 0 heterocycles. The van der Waals surface area contributed by atoms with Gasteiger partial charge in [-0.2, -0.15) is 11.8 Å². The summed E-state index contributed by atoms with van der Waals surface area (Å²) in [5.74, 6) is 1.19. The van der Waals surface area contributed by atoms with Crippen molar-refractivity contribution in [1.82, 2.24) is 0 Å². The highest BCUT2D eigenvalue weighted by Crippen LogP contribution is 1.94. The van der Waals surface area contributed by atoms with Crippen LogP contribution in [0.3, 0.4) is 0 Å². The lowest BCUT2D eigenvalue weighted by Gasteiger charge is -1.87. The Bertz CT molecular complexity index is 70.8. The summed E-state index contributed by atoms with van der Waals surface area (Å²) in [5.41, 5.74) is 4.82. The molecule has 0 aromatic heterocycles. The Kier molecular flexibility index (Phi) is 13.8. The van der Waals surface area contributed by atoms with E-state index in [-0.39, 0.29) is 7.33 Å². The maximum Gasteiger partial charge on any atom is 0.227 e. The summed E-state index contributed by atoms with van der Waals surface area (Å²) in [5, 5.41) is 0. The van der Waals surface area contributed by atoms with Gasteiger partial charge < -0.3 is 5.73 Å². The third-order valence-electron chi connectivity index (χ3n) is 0.448. The van der Waals surface area contributed by atoms with E-state index in [0.29, 0.717) is 5.75 Å². The standard InChI is InChI=1S/C4H9NOS.C2H6.H2/c1-2-7-3-4(5)6;1-2;/h2-3H2,1H3,(H2,5,6);1-2H3;1H. The highest BCUT2D eigenvalue weighted by molar-refractivity contribution is 7.99. The van der Waals surface area contributed by atoms with Gasteiger partial charge in [0, 0.05) is 1.43 Å². The van der Waals surface area contributed by atoms with Gasteiger partial charge in [-0.05, 0) is 5.75 Å². The first-order valence-corrected chi connectivity index (χ1v) is 4.29. The van der Waals surface area contributed by atoms with Gasteiger partial charge in [0.25, 0.3) is 0 Å². The highest BCUT2D eigenvalue weighted by atomic mass is 32.2. The molecule has 0 spiro atoms. The van der Waals surface area contributed by atoms with Crippen LogP contribution in [0.4, 0.5) is 0 Å². The highest BCUT2D eigenvalue weighted by Gasteiger charge is 1.88. The summed E-state index contributed by atoms with van der Waals surface area (Å²) in [6.45, 7) is 5.99. The molecule has 0 aromatic rings. The number of nitrogens with two attached hydrogens (primary N) is 1. The van der Waals surface area contributed by atoms with Crippen LogP contribution in [0.5, 0.6) is 0 Å². The van der Waals surface area contributed by atoms with E-state index in [4.69, 9.17) is 5.73 Å². The first kappa shape index (κ1) is 11.6. The molecule has 0 saturated heterocycles. The molecule has 0 atom stereocenters. The molecule has 0 aromatic carbocycles. The second-order valence-electron chi connectivity index (χ2n) is 1.10. The smallest absolute Gasteiger partial charge is 0.227 e. The fraction of sp³-hybridized carbons (Fsp3) is 0.833. The van der Waals surface area contributed by atoms with E-state index in [1.807, 2.05) is 20.8 Å². The number of hydrogen-bond donors (Lipinski definition) is 1. The Labute approximate surface area is 62.7 Å². The predicted octanol–water partition coefficient (Wildman–Crippen LogP) is 1.50. The van der Waals surface area contributed by atoms with Gasteiger partial charge in [0.2, 0.25) is 5.91 Å². The summed E-state index contributed by atoms with van der Waals surface area (Å²) in [7, 11) is 0. The SMILES string of the molecule is CC.CCSCC(N)=O.[HH]. The molecule has 9 heavy (non-hydrogen) atoms. The normalized spacial score (nSPS) is 7.44. The van der Waals surface area contributed by atoms with Crippen LogP contribution in [-0.2, 0) is 4.79 Å². The Hall–Kier alpha value is -0.180. The van der Waals surface area contributed by atoms with Crippen molar-refractivity contribution in [1.29, 1.82) is 0 Å².